The van der Waals surface area contributed by atoms with E-state index in [1.54, 1.807) is 30.5 Å². The van der Waals surface area contributed by atoms with Crippen LogP contribution >= 0.6 is 0 Å². The van der Waals surface area contributed by atoms with Crippen LogP contribution in [0.5, 0.6) is 0 Å². The molecule has 42 heavy (non-hydrogen) atoms. The first-order valence-electron chi connectivity index (χ1n) is 14.2. The zero-order valence-electron chi connectivity index (χ0n) is 23.6. The minimum atomic E-state index is -4.51. The molecule has 1 aromatic heterocycles. The summed E-state index contributed by atoms with van der Waals surface area (Å²) in [5, 5.41) is 13.2. The lowest BCUT2D eigenvalue weighted by Gasteiger charge is -2.42. The highest BCUT2D eigenvalue weighted by Crippen LogP contribution is 2.32. The van der Waals surface area contributed by atoms with E-state index in [2.05, 4.69) is 32.0 Å². The fourth-order valence-electron chi connectivity index (χ4n) is 5.78. The third-order valence-electron chi connectivity index (χ3n) is 7.97. The first-order chi connectivity index (χ1) is 20.0. The van der Waals surface area contributed by atoms with Crippen LogP contribution in [0.15, 0.2) is 65.7 Å². The maximum absolute atomic E-state index is 13.0. The molecule has 3 aliphatic rings. The summed E-state index contributed by atoms with van der Waals surface area (Å²) in [6.07, 6.45) is 2.28. The molecular formula is C30H38F3N7O2. The van der Waals surface area contributed by atoms with Gasteiger partial charge in [-0.25, -0.2) is 9.98 Å². The molecule has 12 heteroatoms. The van der Waals surface area contributed by atoms with Gasteiger partial charge in [-0.2, -0.15) is 13.2 Å². The molecule has 0 radical (unpaired) electrons. The van der Waals surface area contributed by atoms with Crippen LogP contribution in [0.4, 0.5) is 19.0 Å². The molecule has 2 atom stereocenters. The number of ether oxygens (including phenoxy) is 1. The van der Waals surface area contributed by atoms with Gasteiger partial charge < -0.3 is 36.4 Å². The number of aliphatic imine (C=N–C) groups is 1. The number of hydrogen-bond acceptors (Lipinski definition) is 9. The van der Waals surface area contributed by atoms with E-state index in [9.17, 15) is 18.3 Å². The van der Waals surface area contributed by atoms with Crippen molar-refractivity contribution < 1.29 is 23.0 Å². The molecule has 2 fully saturated rings. The molecule has 0 bridgehead atoms. The zero-order valence-corrected chi connectivity index (χ0v) is 23.6. The Hall–Kier alpha value is -3.61. The van der Waals surface area contributed by atoms with Crippen LogP contribution < -0.4 is 16.8 Å². The van der Waals surface area contributed by atoms with Crippen molar-refractivity contribution >= 4 is 17.4 Å². The number of nitrogens with one attached hydrogen (secondary N) is 1. The molecule has 226 valence electrons. The van der Waals surface area contributed by atoms with Crippen molar-refractivity contribution in [2.45, 2.75) is 38.6 Å². The van der Waals surface area contributed by atoms with Crippen molar-refractivity contribution in [2.75, 3.05) is 44.7 Å². The summed E-state index contributed by atoms with van der Waals surface area (Å²) in [7, 11) is 0. The highest BCUT2D eigenvalue weighted by Gasteiger charge is 2.36. The van der Waals surface area contributed by atoms with Gasteiger partial charge in [0.1, 0.15) is 17.4 Å². The van der Waals surface area contributed by atoms with Gasteiger partial charge in [-0.05, 0) is 43.0 Å². The van der Waals surface area contributed by atoms with Crippen molar-refractivity contribution in [1.82, 2.24) is 14.8 Å². The number of alkyl halides is 3. The maximum atomic E-state index is 13.0. The van der Waals surface area contributed by atoms with Crippen molar-refractivity contribution in [3.05, 3.63) is 77.4 Å². The molecule has 0 aliphatic carbocycles. The number of hydrogen-bond donors (Lipinski definition) is 4. The Labute approximate surface area is 243 Å². The van der Waals surface area contributed by atoms with Crippen LogP contribution in [-0.2, 0) is 10.9 Å². The van der Waals surface area contributed by atoms with Crippen LogP contribution in [0, 0.1) is 11.3 Å². The van der Waals surface area contributed by atoms with Crippen LogP contribution in [0.3, 0.4) is 0 Å². The monoisotopic (exact) mass is 585 g/mol. The van der Waals surface area contributed by atoms with Gasteiger partial charge >= 0.3 is 6.18 Å². The smallest absolute Gasteiger partial charge is 0.396 e. The minimum absolute atomic E-state index is 0.0937. The number of rotatable bonds is 8. The second-order valence-electron chi connectivity index (χ2n) is 11.7. The average molecular weight is 586 g/mol. The topological polar surface area (TPSA) is 125 Å². The van der Waals surface area contributed by atoms with E-state index in [0.29, 0.717) is 34.3 Å². The minimum Gasteiger partial charge on any atom is -0.396 e. The van der Waals surface area contributed by atoms with E-state index >= 15 is 0 Å². The van der Waals surface area contributed by atoms with Gasteiger partial charge in [0.25, 0.3) is 0 Å². The number of aliphatic hydroxyl groups is 1. The number of amidine groups is 1. The van der Waals surface area contributed by atoms with E-state index in [-0.39, 0.29) is 11.2 Å². The zero-order chi connectivity index (χ0) is 29.9. The number of pyridine rings is 1. The predicted molar refractivity (Wildman–Crippen MR) is 156 cm³/mol. The Kier molecular flexibility index (Phi) is 8.76. The summed E-state index contributed by atoms with van der Waals surface area (Å²) in [4.78, 5) is 12.8. The molecule has 1 aromatic carbocycles. The van der Waals surface area contributed by atoms with Gasteiger partial charge in [0.2, 0.25) is 0 Å². The van der Waals surface area contributed by atoms with Crippen LogP contribution in [0.2, 0.25) is 0 Å². The number of nitrogens with zero attached hydrogens (tertiary/aromatic N) is 4. The summed E-state index contributed by atoms with van der Waals surface area (Å²) in [6, 6.07) is 8.50. The van der Waals surface area contributed by atoms with Crippen molar-refractivity contribution in [3.8, 4) is 0 Å². The molecule has 2 aromatic rings. The number of nitrogens with two attached hydrogens (primary N) is 2. The molecule has 0 amide bonds. The van der Waals surface area contributed by atoms with Crippen molar-refractivity contribution in [2.24, 2.45) is 27.8 Å². The number of aromatic nitrogens is 1. The number of benzene rings is 1. The number of likely N-dealkylation sites (tertiary alicyclic amines) is 1. The Morgan fingerprint density at radius 3 is 2.67 bits per heavy atom. The normalized spacial score (nSPS) is 23.0. The van der Waals surface area contributed by atoms with Crippen LogP contribution in [0.1, 0.15) is 49.1 Å². The summed E-state index contributed by atoms with van der Waals surface area (Å²) >= 11 is 0. The first-order valence-corrected chi connectivity index (χ1v) is 14.2. The fourth-order valence-corrected chi connectivity index (χ4v) is 5.78. The van der Waals surface area contributed by atoms with E-state index < -0.39 is 18.0 Å². The lowest BCUT2D eigenvalue weighted by Crippen LogP contribution is -2.50. The van der Waals surface area contributed by atoms with E-state index in [0.717, 1.165) is 70.6 Å². The summed E-state index contributed by atoms with van der Waals surface area (Å²) < 4.78 is 44.6. The Bertz CT molecular complexity index is 1340. The molecule has 9 nitrogen and oxygen atoms in total. The fraction of sp³-hybridized carbons (Fsp3) is 0.467. The van der Waals surface area contributed by atoms with Gasteiger partial charge in [0, 0.05) is 49.2 Å². The van der Waals surface area contributed by atoms with Crippen molar-refractivity contribution in [3.63, 3.8) is 0 Å². The summed E-state index contributed by atoms with van der Waals surface area (Å²) in [5.41, 5.74) is 14.6. The number of anilines is 1. The van der Waals surface area contributed by atoms with Gasteiger partial charge in [-0.15, -0.1) is 0 Å². The Morgan fingerprint density at radius 1 is 1.21 bits per heavy atom. The largest absolute Gasteiger partial charge is 0.416 e. The first kappa shape index (κ1) is 29.9. The lowest BCUT2D eigenvalue weighted by atomic mass is 9.88. The second-order valence-corrected chi connectivity index (χ2v) is 11.7. The van der Waals surface area contributed by atoms with Crippen LogP contribution in [0.25, 0.3) is 5.70 Å². The molecule has 1 unspecified atom stereocenters. The third kappa shape index (κ3) is 7.05. The summed E-state index contributed by atoms with van der Waals surface area (Å²) in [5.74, 6) is 0.647. The molecule has 2 saturated heterocycles. The molecule has 4 heterocycles. The van der Waals surface area contributed by atoms with Crippen molar-refractivity contribution in [1.29, 1.82) is 0 Å². The molecule has 0 spiro atoms. The molecule has 3 aliphatic heterocycles. The van der Waals surface area contributed by atoms with E-state index in [1.165, 1.54) is 6.42 Å². The van der Waals surface area contributed by atoms with Crippen LogP contribution in [-0.4, -0.2) is 65.1 Å². The third-order valence-corrected chi connectivity index (χ3v) is 7.97. The number of halogens is 3. The Balaban J connectivity index is 1.28. The Morgan fingerprint density at radius 2 is 1.98 bits per heavy atom. The van der Waals surface area contributed by atoms with Gasteiger partial charge in [-0.1, -0.05) is 37.6 Å². The van der Waals surface area contributed by atoms with E-state index in [1.807, 2.05) is 6.20 Å². The standard InChI is InChI=1S/C30H38F3N7O2/c1-29(18-42-19-29)17-39-12-3-2-4-20(15-39)16-40-13-11-37-27(35)26(40)25(34)21-5-7-22(8-6-21)28(41)38-24-14-23(9-10-36-24)30(31,32)33/h5-11,13-14,20,28,41H,2-4,12,15-19,34H2,1H3,(H2,35,37)(H,36,38)/b26-25-/t20-,28?/m1/s1. The average Bonchev–Trinajstić information content (AvgIpc) is 3.16. The van der Waals surface area contributed by atoms with Gasteiger partial charge in [-0.3, -0.25) is 0 Å². The maximum Gasteiger partial charge on any atom is 0.416 e. The quantitative estimate of drug-likeness (QED) is 0.341. The predicted octanol–water partition coefficient (Wildman–Crippen LogP) is 4.11. The second kappa shape index (κ2) is 12.3. The SMILES string of the molecule is CC1(CN2CCCC[C@@H](CN3C=CN=C(N)/C3=C(/N)c3ccc(C(O)Nc4cc(C(F)(F)F)ccn4)cc3)C2)COC1. The lowest BCUT2D eigenvalue weighted by molar-refractivity contribution is -0.137. The van der Waals surface area contributed by atoms with Gasteiger partial charge in [0.05, 0.1) is 24.5 Å². The highest BCUT2D eigenvalue weighted by atomic mass is 19.4. The summed E-state index contributed by atoms with van der Waals surface area (Å²) in [6.45, 7) is 7.77. The molecule has 0 saturated carbocycles. The van der Waals surface area contributed by atoms with Gasteiger partial charge in [0.15, 0.2) is 6.23 Å². The molecule has 5 rings (SSSR count). The highest BCUT2D eigenvalue weighted by molar-refractivity contribution is 6.03. The molecule has 6 N–H and O–H groups in total. The van der Waals surface area contributed by atoms with E-state index in [4.69, 9.17) is 16.2 Å². The molecular weight excluding hydrogens is 547 g/mol. The number of aliphatic hydroxyl groups excluding tert-OH is 1.